The number of aliphatic hydroxyl groups is 1. The van der Waals surface area contributed by atoms with E-state index in [2.05, 4.69) is 39.7 Å². The Morgan fingerprint density at radius 3 is 2.79 bits per heavy atom. The van der Waals surface area contributed by atoms with Gasteiger partial charge in [-0.05, 0) is 20.0 Å². The fraction of sp³-hybridized carbons (Fsp3) is 0.833. The topological polar surface area (TPSA) is 70.5 Å². The second kappa shape index (κ2) is 9.19. The van der Waals surface area contributed by atoms with Crippen LogP contribution in [0, 0.1) is 0 Å². The van der Waals surface area contributed by atoms with Gasteiger partial charge in [-0.3, -0.25) is 0 Å². The number of hydrogen-bond acceptors (Lipinski definition) is 7. The van der Waals surface area contributed by atoms with E-state index in [4.69, 9.17) is 4.74 Å². The zero-order valence-corrected chi connectivity index (χ0v) is 12.7. The molecule has 110 valence electrons. The Bertz CT molecular complexity index is 320. The van der Waals surface area contributed by atoms with Crippen molar-refractivity contribution in [1.29, 1.82) is 0 Å². The zero-order valence-electron chi connectivity index (χ0n) is 11.9. The molecule has 2 N–H and O–H groups in total. The van der Waals surface area contributed by atoms with Crippen LogP contribution in [0.4, 0.5) is 0 Å². The maximum absolute atomic E-state index is 9.80. The summed E-state index contributed by atoms with van der Waals surface area (Å²) < 4.78 is 13.0. The van der Waals surface area contributed by atoms with Gasteiger partial charge in [0.05, 0.1) is 11.7 Å². The van der Waals surface area contributed by atoms with Crippen molar-refractivity contribution in [3.63, 3.8) is 0 Å². The van der Waals surface area contributed by atoms with Crippen LogP contribution in [-0.2, 0) is 0 Å². The first-order valence-corrected chi connectivity index (χ1v) is 7.42. The lowest BCUT2D eigenvalue weighted by molar-refractivity contribution is 0.100. The SMILES string of the molecule is CCN(CC)CC(C)NCC(O)COc1cnsn1. The summed E-state index contributed by atoms with van der Waals surface area (Å²) in [6, 6.07) is 0.343. The molecule has 0 saturated heterocycles. The number of likely N-dealkylation sites (N-methyl/N-ethyl adjacent to an activating group) is 1. The Kier molecular flexibility index (Phi) is 7.88. The first kappa shape index (κ1) is 16.3. The van der Waals surface area contributed by atoms with E-state index >= 15 is 0 Å². The van der Waals surface area contributed by atoms with Gasteiger partial charge in [0, 0.05) is 19.1 Å². The van der Waals surface area contributed by atoms with E-state index in [-0.39, 0.29) is 6.61 Å². The smallest absolute Gasteiger partial charge is 0.245 e. The molecule has 7 heteroatoms. The molecule has 0 aliphatic rings. The molecule has 0 radical (unpaired) electrons. The molecular formula is C12H24N4O2S. The van der Waals surface area contributed by atoms with Crippen LogP contribution in [0.1, 0.15) is 20.8 Å². The van der Waals surface area contributed by atoms with E-state index in [1.165, 1.54) is 0 Å². The third-order valence-corrected chi connectivity index (χ3v) is 3.35. The highest BCUT2D eigenvalue weighted by molar-refractivity contribution is 6.99. The highest BCUT2D eigenvalue weighted by atomic mass is 32.1. The predicted molar refractivity (Wildman–Crippen MR) is 76.7 cm³/mol. The molecule has 0 spiro atoms. The van der Waals surface area contributed by atoms with E-state index in [1.54, 1.807) is 6.20 Å². The second-order valence-electron chi connectivity index (χ2n) is 4.51. The summed E-state index contributed by atoms with van der Waals surface area (Å²) in [7, 11) is 0. The minimum Gasteiger partial charge on any atom is -0.473 e. The van der Waals surface area contributed by atoms with E-state index < -0.39 is 6.10 Å². The third-order valence-electron chi connectivity index (χ3n) is 2.89. The average Bonchev–Trinajstić information content (AvgIpc) is 2.93. The number of aromatic nitrogens is 2. The van der Waals surface area contributed by atoms with Gasteiger partial charge < -0.3 is 20.1 Å². The van der Waals surface area contributed by atoms with Crippen LogP contribution in [0.3, 0.4) is 0 Å². The first-order valence-electron chi connectivity index (χ1n) is 6.69. The lowest BCUT2D eigenvalue weighted by Crippen LogP contribution is -2.43. The van der Waals surface area contributed by atoms with Gasteiger partial charge in [0.25, 0.3) is 0 Å². The number of hydrogen-bond donors (Lipinski definition) is 2. The quantitative estimate of drug-likeness (QED) is 0.657. The van der Waals surface area contributed by atoms with Crippen LogP contribution in [0.25, 0.3) is 0 Å². The molecule has 0 saturated carbocycles. The van der Waals surface area contributed by atoms with Gasteiger partial charge in [0.1, 0.15) is 18.9 Å². The van der Waals surface area contributed by atoms with Crippen molar-refractivity contribution in [2.45, 2.75) is 32.9 Å². The van der Waals surface area contributed by atoms with Gasteiger partial charge in [0.2, 0.25) is 5.88 Å². The van der Waals surface area contributed by atoms with Crippen LogP contribution < -0.4 is 10.1 Å². The Balaban J connectivity index is 2.13. The van der Waals surface area contributed by atoms with E-state index in [9.17, 15) is 5.11 Å². The van der Waals surface area contributed by atoms with Crippen molar-refractivity contribution in [1.82, 2.24) is 19.0 Å². The molecule has 1 aromatic rings. The van der Waals surface area contributed by atoms with Gasteiger partial charge in [-0.2, -0.15) is 4.37 Å². The van der Waals surface area contributed by atoms with Crippen molar-refractivity contribution in [2.24, 2.45) is 0 Å². The Morgan fingerprint density at radius 1 is 1.47 bits per heavy atom. The van der Waals surface area contributed by atoms with Crippen molar-refractivity contribution >= 4 is 11.7 Å². The van der Waals surface area contributed by atoms with Crippen LogP contribution >= 0.6 is 11.7 Å². The number of nitrogens with zero attached hydrogens (tertiary/aromatic N) is 3. The molecule has 0 bridgehead atoms. The lowest BCUT2D eigenvalue weighted by atomic mass is 10.2. The molecule has 2 unspecified atom stereocenters. The molecule has 0 fully saturated rings. The summed E-state index contributed by atoms with van der Waals surface area (Å²) in [6.45, 7) is 10.3. The van der Waals surface area contributed by atoms with Crippen LogP contribution in [0.2, 0.25) is 0 Å². The normalized spacial score (nSPS) is 14.6. The molecule has 6 nitrogen and oxygen atoms in total. The molecular weight excluding hydrogens is 264 g/mol. The Morgan fingerprint density at radius 2 is 2.21 bits per heavy atom. The fourth-order valence-corrected chi connectivity index (χ4v) is 2.10. The minimum absolute atomic E-state index is 0.233. The van der Waals surface area contributed by atoms with Gasteiger partial charge >= 0.3 is 0 Å². The minimum atomic E-state index is -0.541. The van der Waals surface area contributed by atoms with Crippen molar-refractivity contribution in [3.05, 3.63) is 6.20 Å². The maximum Gasteiger partial charge on any atom is 0.245 e. The summed E-state index contributed by atoms with van der Waals surface area (Å²) >= 11 is 1.09. The van der Waals surface area contributed by atoms with Crippen molar-refractivity contribution < 1.29 is 9.84 Å². The van der Waals surface area contributed by atoms with Gasteiger partial charge in [-0.25, -0.2) is 0 Å². The number of rotatable bonds is 10. The van der Waals surface area contributed by atoms with Gasteiger partial charge in [-0.15, -0.1) is 4.37 Å². The number of aliphatic hydroxyl groups excluding tert-OH is 1. The monoisotopic (exact) mass is 288 g/mol. The highest BCUT2D eigenvalue weighted by Gasteiger charge is 2.10. The highest BCUT2D eigenvalue weighted by Crippen LogP contribution is 2.05. The number of nitrogens with one attached hydrogen (secondary N) is 1. The summed E-state index contributed by atoms with van der Waals surface area (Å²) in [5.41, 5.74) is 0. The van der Waals surface area contributed by atoms with Crippen molar-refractivity contribution in [3.8, 4) is 5.88 Å². The lowest BCUT2D eigenvalue weighted by Gasteiger charge is -2.24. The van der Waals surface area contributed by atoms with Crippen LogP contribution in [0.5, 0.6) is 5.88 Å². The second-order valence-corrected chi connectivity index (χ2v) is 5.06. The van der Waals surface area contributed by atoms with Gasteiger partial charge in [-0.1, -0.05) is 13.8 Å². The summed E-state index contributed by atoms with van der Waals surface area (Å²) in [5.74, 6) is 0.472. The van der Waals surface area contributed by atoms with Crippen molar-refractivity contribution in [2.75, 3.05) is 32.8 Å². The fourth-order valence-electron chi connectivity index (χ4n) is 1.73. The van der Waals surface area contributed by atoms with Gasteiger partial charge in [0.15, 0.2) is 0 Å². The maximum atomic E-state index is 9.80. The summed E-state index contributed by atoms with van der Waals surface area (Å²) in [6.07, 6.45) is 1.01. The molecule has 0 aliphatic carbocycles. The summed E-state index contributed by atoms with van der Waals surface area (Å²) in [4.78, 5) is 2.35. The molecule has 1 heterocycles. The third kappa shape index (κ3) is 6.81. The Hall–Kier alpha value is -0.760. The van der Waals surface area contributed by atoms with E-state index in [0.717, 1.165) is 31.4 Å². The molecule has 1 rings (SSSR count). The van der Waals surface area contributed by atoms with Crippen LogP contribution in [0.15, 0.2) is 6.20 Å². The zero-order chi connectivity index (χ0) is 14.1. The van der Waals surface area contributed by atoms with E-state index in [1.807, 2.05) is 0 Å². The predicted octanol–water partition coefficient (Wildman–Crippen LogP) is 0.598. The molecule has 2 atom stereocenters. The number of ether oxygens (including phenoxy) is 1. The molecule has 0 aliphatic heterocycles. The molecule has 0 amide bonds. The summed E-state index contributed by atoms with van der Waals surface area (Å²) in [5, 5.41) is 13.1. The molecule has 1 aromatic heterocycles. The molecule has 0 aromatic carbocycles. The molecule has 19 heavy (non-hydrogen) atoms. The first-order chi connectivity index (χ1) is 9.15. The standard InChI is InChI=1S/C12H24N4O2S/c1-4-16(5-2)8-10(3)13-6-11(17)9-18-12-7-14-19-15-12/h7,10-11,13,17H,4-6,8-9H2,1-3H3. The Labute approximate surface area is 119 Å². The van der Waals surface area contributed by atoms with Crippen LogP contribution in [-0.4, -0.2) is 63.7 Å². The largest absolute Gasteiger partial charge is 0.473 e. The van der Waals surface area contributed by atoms with E-state index in [0.29, 0.717) is 18.5 Å². The average molecular weight is 288 g/mol.